The van der Waals surface area contributed by atoms with Gasteiger partial charge < -0.3 is 10.4 Å². The number of nitrogens with one attached hydrogen (secondary N) is 2. The Morgan fingerprint density at radius 2 is 1.74 bits per heavy atom. The van der Waals surface area contributed by atoms with Gasteiger partial charge in [0.05, 0.1) is 24.7 Å². The molecule has 188 valence electrons. The molecule has 8 nitrogen and oxygen atoms in total. The number of amides is 1. The zero-order valence-electron chi connectivity index (χ0n) is 20.2. The fourth-order valence-corrected chi connectivity index (χ4v) is 7.95. The third-order valence-corrected chi connectivity index (χ3v) is 9.76. The lowest BCUT2D eigenvalue weighted by molar-refractivity contribution is 0.185. The molecule has 0 saturated heterocycles. The van der Waals surface area contributed by atoms with Crippen LogP contribution in [-0.2, 0) is 10.0 Å². The van der Waals surface area contributed by atoms with E-state index in [1.165, 1.54) is 22.7 Å². The van der Waals surface area contributed by atoms with Crippen LogP contribution in [0.3, 0.4) is 0 Å². The Morgan fingerprint density at radius 1 is 1.06 bits per heavy atom. The number of rotatable bonds is 6. The number of nitrogens with zero attached hydrogens (tertiary/aromatic N) is 2. The highest BCUT2D eigenvalue weighted by molar-refractivity contribution is 7.89. The van der Waals surface area contributed by atoms with Crippen molar-refractivity contribution in [1.82, 2.24) is 20.0 Å². The Bertz CT molecular complexity index is 1320. The molecule has 1 amide bonds. The molecule has 0 atom stereocenters. The maximum Gasteiger partial charge on any atom is 0.404 e. The summed E-state index contributed by atoms with van der Waals surface area (Å²) in [5.74, 6) is 0.243. The Kier molecular flexibility index (Phi) is 7.33. The van der Waals surface area contributed by atoms with Gasteiger partial charge in [-0.1, -0.05) is 12.1 Å². The first-order valence-corrected chi connectivity index (χ1v) is 14.6. The van der Waals surface area contributed by atoms with Crippen molar-refractivity contribution in [1.29, 1.82) is 0 Å². The monoisotopic (exact) mass is 534 g/mol. The summed E-state index contributed by atoms with van der Waals surface area (Å²) in [6.45, 7) is 7.38. The number of aromatic nitrogens is 2. The molecule has 1 fully saturated rings. The number of aryl methyl sites for hydroxylation is 1. The standard InChI is InChI=1S/C24H30N4O4S3/c1-14-25-12-19(33-14)16-7-10-18(21(11-16)35(31,32)28-24(2,3)4)20-13-26-22(34-20)15-5-8-17(9-6-15)27-23(29)30/h7,10-13,15,17,27-28H,5-6,8-9H2,1-4H3,(H,29,30)/t15-,17-. The lowest BCUT2D eigenvalue weighted by Gasteiger charge is -2.27. The lowest BCUT2D eigenvalue weighted by Crippen LogP contribution is -2.40. The zero-order valence-corrected chi connectivity index (χ0v) is 22.6. The summed E-state index contributed by atoms with van der Waals surface area (Å²) in [6, 6.07) is 5.48. The molecule has 0 aliphatic heterocycles. The van der Waals surface area contributed by atoms with Crippen LogP contribution in [0, 0.1) is 6.92 Å². The van der Waals surface area contributed by atoms with Crippen molar-refractivity contribution < 1.29 is 18.3 Å². The van der Waals surface area contributed by atoms with Gasteiger partial charge in [0.1, 0.15) is 0 Å². The molecule has 2 aromatic heterocycles. The molecule has 35 heavy (non-hydrogen) atoms. The second kappa shape index (κ2) is 9.96. The van der Waals surface area contributed by atoms with Crippen LogP contribution in [0.25, 0.3) is 20.9 Å². The van der Waals surface area contributed by atoms with E-state index in [9.17, 15) is 13.2 Å². The number of benzene rings is 1. The number of hydrogen-bond donors (Lipinski definition) is 3. The number of sulfonamides is 1. The molecule has 2 heterocycles. The van der Waals surface area contributed by atoms with Crippen molar-refractivity contribution in [2.45, 2.75) is 75.8 Å². The van der Waals surface area contributed by atoms with Crippen LogP contribution in [0.15, 0.2) is 35.5 Å². The fourth-order valence-electron chi connectivity index (χ4n) is 4.31. The van der Waals surface area contributed by atoms with Crippen LogP contribution < -0.4 is 10.0 Å². The maximum absolute atomic E-state index is 13.5. The van der Waals surface area contributed by atoms with E-state index >= 15 is 0 Å². The van der Waals surface area contributed by atoms with Crippen LogP contribution in [0.1, 0.15) is 62.4 Å². The van der Waals surface area contributed by atoms with E-state index in [1.54, 1.807) is 18.5 Å². The molecule has 1 aromatic carbocycles. The molecule has 11 heteroatoms. The predicted octanol–water partition coefficient (Wildman–Crippen LogP) is 5.61. The smallest absolute Gasteiger partial charge is 0.404 e. The van der Waals surface area contributed by atoms with Crippen molar-refractivity contribution in [3.05, 3.63) is 40.6 Å². The molecule has 0 bridgehead atoms. The third-order valence-electron chi connectivity index (χ3n) is 5.81. The van der Waals surface area contributed by atoms with Crippen LogP contribution in [0.5, 0.6) is 0 Å². The molecule has 1 saturated carbocycles. The van der Waals surface area contributed by atoms with Gasteiger partial charge in [0, 0.05) is 35.5 Å². The van der Waals surface area contributed by atoms with E-state index in [2.05, 4.69) is 20.0 Å². The summed E-state index contributed by atoms with van der Waals surface area (Å²) in [4.78, 5) is 21.8. The van der Waals surface area contributed by atoms with Gasteiger partial charge in [-0.2, -0.15) is 0 Å². The fraction of sp³-hybridized carbons (Fsp3) is 0.458. The molecule has 1 aliphatic carbocycles. The minimum absolute atomic E-state index is 0.0219. The van der Waals surface area contributed by atoms with Crippen LogP contribution in [-0.4, -0.2) is 41.2 Å². The minimum atomic E-state index is -3.81. The Balaban J connectivity index is 1.67. The summed E-state index contributed by atoms with van der Waals surface area (Å²) in [5.41, 5.74) is 0.800. The number of thiazole rings is 2. The Morgan fingerprint density at radius 3 is 2.34 bits per heavy atom. The van der Waals surface area contributed by atoms with E-state index < -0.39 is 21.7 Å². The second-order valence-electron chi connectivity index (χ2n) is 9.87. The van der Waals surface area contributed by atoms with E-state index in [0.29, 0.717) is 5.56 Å². The molecule has 0 spiro atoms. The predicted molar refractivity (Wildman–Crippen MR) is 140 cm³/mol. The third kappa shape index (κ3) is 6.27. The molecular weight excluding hydrogens is 504 g/mol. The SMILES string of the molecule is Cc1ncc(-c2ccc(-c3cnc([C@H]4CC[C@H](NC(=O)O)CC4)s3)c(S(=O)(=O)NC(C)(C)C)c2)s1. The number of hydrogen-bond acceptors (Lipinski definition) is 7. The van der Waals surface area contributed by atoms with E-state index in [0.717, 1.165) is 51.0 Å². The normalized spacial score (nSPS) is 19.0. The van der Waals surface area contributed by atoms with Gasteiger partial charge in [-0.05, 0) is 65.0 Å². The Labute approximate surface area is 213 Å². The number of carboxylic acid groups (broad SMARTS) is 1. The molecular formula is C24H30N4O4S3. The summed E-state index contributed by atoms with van der Waals surface area (Å²) in [5, 5.41) is 13.4. The van der Waals surface area contributed by atoms with Gasteiger partial charge in [-0.3, -0.25) is 0 Å². The largest absolute Gasteiger partial charge is 0.465 e. The first-order chi connectivity index (χ1) is 16.4. The lowest BCUT2D eigenvalue weighted by atomic mass is 9.86. The van der Waals surface area contributed by atoms with Gasteiger partial charge in [0.2, 0.25) is 10.0 Å². The Hall–Kier alpha value is -2.34. The van der Waals surface area contributed by atoms with Gasteiger partial charge in [-0.25, -0.2) is 27.9 Å². The average molecular weight is 535 g/mol. The van der Waals surface area contributed by atoms with Crippen molar-refractivity contribution in [2.24, 2.45) is 0 Å². The summed E-state index contributed by atoms with van der Waals surface area (Å²) >= 11 is 3.04. The molecule has 1 aliphatic rings. The minimum Gasteiger partial charge on any atom is -0.465 e. The van der Waals surface area contributed by atoms with Gasteiger partial charge >= 0.3 is 6.09 Å². The summed E-state index contributed by atoms with van der Waals surface area (Å²) in [7, 11) is -3.81. The average Bonchev–Trinajstić information content (AvgIpc) is 3.41. The van der Waals surface area contributed by atoms with Crippen LogP contribution >= 0.6 is 22.7 Å². The van der Waals surface area contributed by atoms with Gasteiger partial charge in [0.15, 0.2) is 0 Å². The summed E-state index contributed by atoms with van der Waals surface area (Å²) in [6.07, 6.45) is 5.76. The van der Waals surface area contributed by atoms with Gasteiger partial charge in [0.25, 0.3) is 0 Å². The van der Waals surface area contributed by atoms with E-state index in [1.807, 2.05) is 39.8 Å². The van der Waals surface area contributed by atoms with Crippen molar-refractivity contribution in [3.8, 4) is 20.9 Å². The first-order valence-electron chi connectivity index (χ1n) is 11.5. The van der Waals surface area contributed by atoms with Crippen molar-refractivity contribution >= 4 is 38.8 Å². The number of carbonyl (C=O) groups is 1. The van der Waals surface area contributed by atoms with E-state index in [-0.39, 0.29) is 16.9 Å². The highest BCUT2D eigenvalue weighted by Crippen LogP contribution is 2.40. The highest BCUT2D eigenvalue weighted by atomic mass is 32.2. The second-order valence-corrected chi connectivity index (χ2v) is 13.8. The molecule has 0 radical (unpaired) electrons. The van der Waals surface area contributed by atoms with Crippen LogP contribution in [0.4, 0.5) is 4.79 Å². The zero-order chi connectivity index (χ0) is 25.4. The quantitative estimate of drug-likeness (QED) is 0.378. The molecule has 0 unspecified atom stereocenters. The summed E-state index contributed by atoms with van der Waals surface area (Å²) < 4.78 is 29.7. The van der Waals surface area contributed by atoms with Crippen LogP contribution in [0.2, 0.25) is 0 Å². The first kappa shape index (κ1) is 25.7. The maximum atomic E-state index is 13.5. The highest BCUT2D eigenvalue weighted by Gasteiger charge is 2.29. The van der Waals surface area contributed by atoms with Crippen molar-refractivity contribution in [3.63, 3.8) is 0 Å². The molecule has 3 N–H and O–H groups in total. The van der Waals surface area contributed by atoms with Gasteiger partial charge in [-0.15, -0.1) is 22.7 Å². The topological polar surface area (TPSA) is 121 Å². The van der Waals surface area contributed by atoms with E-state index in [4.69, 9.17) is 5.11 Å². The molecule has 3 aromatic rings. The molecule has 4 rings (SSSR count). The van der Waals surface area contributed by atoms with Crippen molar-refractivity contribution in [2.75, 3.05) is 0 Å².